The van der Waals surface area contributed by atoms with Gasteiger partial charge in [-0.05, 0) is 89.0 Å². The molecule has 4 aliphatic rings. The quantitative estimate of drug-likeness (QED) is 0.188. The van der Waals surface area contributed by atoms with Crippen molar-refractivity contribution in [3.63, 3.8) is 0 Å². The van der Waals surface area contributed by atoms with Crippen LogP contribution >= 0.6 is 0 Å². The van der Waals surface area contributed by atoms with Crippen LogP contribution in [0.1, 0.15) is 96.2 Å². The molecule has 0 spiro atoms. The maximum atomic E-state index is 15.0. The second-order valence-corrected chi connectivity index (χ2v) is 15.9. The number of nitrogens with zero attached hydrogens (tertiary/aromatic N) is 2. The van der Waals surface area contributed by atoms with Gasteiger partial charge in [-0.2, -0.15) is 0 Å². The zero-order valence-electron chi connectivity index (χ0n) is 31.3. The number of H-pyrrole nitrogens is 1. The summed E-state index contributed by atoms with van der Waals surface area (Å²) in [7, 11) is 0. The van der Waals surface area contributed by atoms with Gasteiger partial charge in [0.05, 0.1) is 30.9 Å². The van der Waals surface area contributed by atoms with Crippen LogP contribution in [0.4, 0.5) is 0 Å². The number of benzene rings is 1. The van der Waals surface area contributed by atoms with Crippen molar-refractivity contribution in [3.05, 3.63) is 71.2 Å². The molecule has 3 aromatic rings. The van der Waals surface area contributed by atoms with Gasteiger partial charge >= 0.3 is 0 Å². The van der Waals surface area contributed by atoms with Gasteiger partial charge < -0.3 is 29.3 Å². The minimum Gasteiger partial charge on any atom is -0.464 e. The molecule has 3 atom stereocenters. The summed E-state index contributed by atoms with van der Waals surface area (Å²) >= 11 is 0. The predicted molar refractivity (Wildman–Crippen MR) is 203 cm³/mol. The molecule has 2 aromatic heterocycles. The summed E-state index contributed by atoms with van der Waals surface area (Å²) in [5, 5.41) is 4.19. The highest BCUT2D eigenvalue weighted by atomic mass is 16.5. The molecule has 2 saturated heterocycles. The molecule has 1 aromatic carbocycles. The third-order valence-electron chi connectivity index (χ3n) is 12.2. The number of ether oxygens (including phenoxy) is 1. The fourth-order valence-electron chi connectivity index (χ4n) is 9.47. The molecular formula is C43H56N4O5. The smallest absolute Gasteiger partial charge is 0.228 e. The van der Waals surface area contributed by atoms with Crippen molar-refractivity contribution in [2.75, 3.05) is 39.4 Å². The number of aromatic nitrogens is 1. The molecular weight excluding hydrogens is 652 g/mol. The number of morpholine rings is 1. The molecule has 3 fully saturated rings. The summed E-state index contributed by atoms with van der Waals surface area (Å²) in [5.74, 6) is 0.294. The summed E-state index contributed by atoms with van der Waals surface area (Å²) in [6.45, 7) is 9.36. The van der Waals surface area contributed by atoms with Gasteiger partial charge in [-0.1, -0.05) is 61.1 Å². The number of furan rings is 1. The SMILES string of the molecule is CC(C)=CCC/C(C)=C/CNC(=O)C[C@H]1C[C@H](C(=O)N2CCOCC2)[C@@]2(CCC3CCCC3)c3[nH]c4cc(-c5ccco5)ccc4c3CCN2C1=O. The largest absolute Gasteiger partial charge is 0.464 e. The summed E-state index contributed by atoms with van der Waals surface area (Å²) in [5.41, 5.74) is 5.92. The van der Waals surface area contributed by atoms with Crippen molar-refractivity contribution in [3.8, 4) is 11.3 Å². The maximum Gasteiger partial charge on any atom is 0.228 e. The van der Waals surface area contributed by atoms with Gasteiger partial charge in [0.2, 0.25) is 17.7 Å². The molecule has 9 heteroatoms. The molecule has 2 N–H and O–H groups in total. The van der Waals surface area contributed by atoms with E-state index < -0.39 is 17.4 Å². The van der Waals surface area contributed by atoms with Crippen molar-refractivity contribution < 1.29 is 23.5 Å². The highest BCUT2D eigenvalue weighted by Gasteiger charge is 2.59. The average molecular weight is 709 g/mol. The van der Waals surface area contributed by atoms with E-state index in [9.17, 15) is 14.4 Å². The van der Waals surface area contributed by atoms with Gasteiger partial charge in [0.15, 0.2) is 0 Å². The highest BCUT2D eigenvalue weighted by Crippen LogP contribution is 2.54. The van der Waals surface area contributed by atoms with Crippen LogP contribution in [0.5, 0.6) is 0 Å². The van der Waals surface area contributed by atoms with Crippen LogP contribution in [-0.2, 0) is 31.1 Å². The first-order chi connectivity index (χ1) is 25.2. The molecule has 7 rings (SSSR count). The Hall–Kier alpha value is -4.11. The van der Waals surface area contributed by atoms with E-state index in [1.54, 1.807) is 6.26 Å². The number of rotatable bonds is 12. The maximum absolute atomic E-state index is 15.0. The molecule has 3 amide bonds. The number of fused-ring (bicyclic) bond motifs is 5. The lowest BCUT2D eigenvalue weighted by atomic mass is 9.64. The Balaban J connectivity index is 1.22. The fraction of sp³-hybridized carbons (Fsp3) is 0.558. The van der Waals surface area contributed by atoms with E-state index in [2.05, 4.69) is 61.4 Å². The van der Waals surface area contributed by atoms with Gasteiger partial charge in [-0.3, -0.25) is 14.4 Å². The van der Waals surface area contributed by atoms with E-state index >= 15 is 0 Å². The lowest BCUT2D eigenvalue weighted by Gasteiger charge is -2.56. The summed E-state index contributed by atoms with van der Waals surface area (Å²) < 4.78 is 11.4. The zero-order chi connectivity index (χ0) is 36.2. The Morgan fingerprint density at radius 2 is 1.87 bits per heavy atom. The topological polar surface area (TPSA) is 108 Å². The number of nitrogens with one attached hydrogen (secondary N) is 2. The van der Waals surface area contributed by atoms with Gasteiger partial charge in [0.1, 0.15) is 5.76 Å². The van der Waals surface area contributed by atoms with Crippen molar-refractivity contribution in [1.82, 2.24) is 20.1 Å². The summed E-state index contributed by atoms with van der Waals surface area (Å²) in [6, 6.07) is 10.3. The molecule has 0 bridgehead atoms. The molecule has 278 valence electrons. The van der Waals surface area contributed by atoms with Crippen LogP contribution in [0, 0.1) is 17.8 Å². The van der Waals surface area contributed by atoms with Crippen LogP contribution in [0.25, 0.3) is 22.2 Å². The minimum atomic E-state index is -0.815. The second kappa shape index (κ2) is 15.9. The Bertz CT molecular complexity index is 1810. The van der Waals surface area contributed by atoms with Gasteiger partial charge in [-0.15, -0.1) is 0 Å². The zero-order valence-corrected chi connectivity index (χ0v) is 31.3. The van der Waals surface area contributed by atoms with E-state index in [1.165, 1.54) is 42.4 Å². The van der Waals surface area contributed by atoms with Crippen LogP contribution < -0.4 is 5.32 Å². The summed E-state index contributed by atoms with van der Waals surface area (Å²) in [4.78, 5) is 51.0. The van der Waals surface area contributed by atoms with E-state index in [4.69, 9.17) is 9.15 Å². The van der Waals surface area contributed by atoms with Gasteiger partial charge in [-0.25, -0.2) is 0 Å². The van der Waals surface area contributed by atoms with E-state index in [0.717, 1.165) is 53.6 Å². The van der Waals surface area contributed by atoms with Crippen molar-refractivity contribution in [1.29, 1.82) is 0 Å². The Morgan fingerprint density at radius 1 is 1.06 bits per heavy atom. The standard InChI is InChI=1S/C43H56N4O5/c1-29(2)8-6-9-30(3)16-19-44-39(48)28-33-26-36(42(50)46-21-24-51-25-22-46)43(18-15-31-10-4-5-11-31)40-35(17-20-47(43)41(33)49)34-14-13-32(27-37(34)45-40)38-12-7-23-52-38/h7-8,12-14,16,23,27,31,33,36,45H,4-6,9-11,15,17-22,24-26,28H2,1-3H3,(H,44,48)/b30-16+/t33-,36-,43+/m1/s1. The van der Waals surface area contributed by atoms with E-state index in [0.29, 0.717) is 58.2 Å². The first-order valence-corrected chi connectivity index (χ1v) is 19.7. The third kappa shape index (κ3) is 7.39. The number of hydrogen-bond donors (Lipinski definition) is 2. The lowest BCUT2D eigenvalue weighted by Crippen LogP contribution is -2.66. The van der Waals surface area contributed by atoms with Crippen molar-refractivity contribution >= 4 is 28.6 Å². The predicted octanol–water partition coefficient (Wildman–Crippen LogP) is 7.67. The number of hydrogen-bond acceptors (Lipinski definition) is 5. The van der Waals surface area contributed by atoms with Crippen molar-refractivity contribution in [2.45, 2.75) is 96.9 Å². The number of aromatic amines is 1. The van der Waals surface area contributed by atoms with E-state index in [-0.39, 0.29) is 24.1 Å². The molecule has 1 saturated carbocycles. The second-order valence-electron chi connectivity index (χ2n) is 15.9. The molecule has 1 aliphatic carbocycles. The van der Waals surface area contributed by atoms with Crippen LogP contribution in [0.15, 0.2) is 64.3 Å². The Kier molecular flexibility index (Phi) is 11.1. The molecule has 0 unspecified atom stereocenters. The van der Waals surface area contributed by atoms with Gasteiger partial charge in [0, 0.05) is 60.7 Å². The number of carbonyl (C=O) groups is 3. The van der Waals surface area contributed by atoms with Crippen molar-refractivity contribution in [2.24, 2.45) is 17.8 Å². The number of allylic oxidation sites excluding steroid dienone is 3. The lowest BCUT2D eigenvalue weighted by molar-refractivity contribution is -0.169. The minimum absolute atomic E-state index is 0.00151. The first kappa shape index (κ1) is 36.3. The number of amides is 3. The van der Waals surface area contributed by atoms with Crippen LogP contribution in [-0.4, -0.2) is 71.9 Å². The van der Waals surface area contributed by atoms with Crippen LogP contribution in [0.3, 0.4) is 0 Å². The highest BCUT2D eigenvalue weighted by molar-refractivity contribution is 5.94. The summed E-state index contributed by atoms with van der Waals surface area (Å²) in [6.07, 6.45) is 15.6. The molecule has 5 heterocycles. The number of piperidine rings is 1. The van der Waals surface area contributed by atoms with Gasteiger partial charge in [0.25, 0.3) is 0 Å². The Morgan fingerprint density at radius 3 is 2.62 bits per heavy atom. The monoisotopic (exact) mass is 708 g/mol. The average Bonchev–Trinajstić information content (AvgIpc) is 3.94. The molecule has 0 radical (unpaired) electrons. The third-order valence-corrected chi connectivity index (χ3v) is 12.2. The normalized spacial score (nSPS) is 23.8. The Labute approximate surface area is 308 Å². The number of carbonyl (C=O) groups excluding carboxylic acids is 3. The molecule has 9 nitrogen and oxygen atoms in total. The fourth-order valence-corrected chi connectivity index (χ4v) is 9.47. The molecule has 52 heavy (non-hydrogen) atoms. The van der Waals surface area contributed by atoms with Crippen LogP contribution in [0.2, 0.25) is 0 Å². The first-order valence-electron chi connectivity index (χ1n) is 19.7. The van der Waals surface area contributed by atoms with E-state index in [1.807, 2.05) is 21.9 Å². The molecule has 3 aliphatic heterocycles.